The first-order valence-electron chi connectivity index (χ1n) is 10.4. The number of likely N-dealkylation sites (tertiary alicyclic amines) is 1. The third kappa shape index (κ3) is 3.77. The quantitative estimate of drug-likeness (QED) is 0.859. The number of fused-ring (bicyclic) bond motifs is 4. The highest BCUT2D eigenvalue weighted by atomic mass is 16.2. The SMILES string of the molecule is CC(=O)NC[C@H]1[C@H]2C[C@H](CN(C(=O)Cc3ccccc3)C2)[C@@H]2CCCC(=O)N21. The maximum absolute atomic E-state index is 13.0. The molecular weight excluding hydrogens is 354 g/mol. The summed E-state index contributed by atoms with van der Waals surface area (Å²) >= 11 is 0. The molecule has 3 amide bonds. The van der Waals surface area contributed by atoms with Gasteiger partial charge in [0.05, 0.1) is 12.5 Å². The summed E-state index contributed by atoms with van der Waals surface area (Å²) in [5.41, 5.74) is 1.03. The molecule has 3 aliphatic rings. The highest BCUT2D eigenvalue weighted by Gasteiger charge is 2.49. The van der Waals surface area contributed by atoms with Gasteiger partial charge in [-0.3, -0.25) is 14.4 Å². The van der Waals surface area contributed by atoms with Crippen LogP contribution in [0.5, 0.6) is 0 Å². The summed E-state index contributed by atoms with van der Waals surface area (Å²) in [6, 6.07) is 10.0. The van der Waals surface area contributed by atoms with Gasteiger partial charge < -0.3 is 15.1 Å². The van der Waals surface area contributed by atoms with E-state index in [1.165, 1.54) is 6.92 Å². The molecule has 6 heteroatoms. The zero-order valence-electron chi connectivity index (χ0n) is 16.5. The highest BCUT2D eigenvalue weighted by Crippen LogP contribution is 2.41. The molecule has 1 aromatic carbocycles. The average molecular weight is 383 g/mol. The number of hydrogen-bond donors (Lipinski definition) is 1. The van der Waals surface area contributed by atoms with Crippen LogP contribution in [0.4, 0.5) is 0 Å². The van der Waals surface area contributed by atoms with Crippen LogP contribution < -0.4 is 5.32 Å². The van der Waals surface area contributed by atoms with Crippen molar-refractivity contribution in [3.8, 4) is 0 Å². The van der Waals surface area contributed by atoms with Crippen LogP contribution in [0, 0.1) is 11.8 Å². The third-order valence-corrected chi connectivity index (χ3v) is 6.61. The van der Waals surface area contributed by atoms with Gasteiger partial charge in [0, 0.05) is 39.0 Å². The van der Waals surface area contributed by atoms with Crippen LogP contribution in [0.25, 0.3) is 0 Å². The molecule has 0 radical (unpaired) electrons. The zero-order valence-corrected chi connectivity index (χ0v) is 16.5. The van der Waals surface area contributed by atoms with Gasteiger partial charge in [-0.2, -0.15) is 0 Å². The summed E-state index contributed by atoms with van der Waals surface area (Å²) in [5.74, 6) is 0.871. The lowest BCUT2D eigenvalue weighted by molar-refractivity contribution is -0.156. The van der Waals surface area contributed by atoms with Crippen LogP contribution >= 0.6 is 0 Å². The Hall–Kier alpha value is -2.37. The molecule has 4 atom stereocenters. The Morgan fingerprint density at radius 3 is 2.64 bits per heavy atom. The molecule has 4 rings (SSSR count). The second-order valence-corrected chi connectivity index (χ2v) is 8.48. The molecule has 28 heavy (non-hydrogen) atoms. The van der Waals surface area contributed by atoms with E-state index in [0.717, 1.165) is 31.4 Å². The van der Waals surface area contributed by atoms with Crippen molar-refractivity contribution in [2.45, 2.75) is 51.1 Å². The fourth-order valence-electron chi connectivity index (χ4n) is 5.37. The minimum atomic E-state index is -0.0732. The maximum atomic E-state index is 13.0. The predicted molar refractivity (Wildman–Crippen MR) is 105 cm³/mol. The van der Waals surface area contributed by atoms with Crippen molar-refractivity contribution >= 4 is 17.7 Å². The van der Waals surface area contributed by atoms with E-state index in [2.05, 4.69) is 10.2 Å². The highest BCUT2D eigenvalue weighted by molar-refractivity contribution is 5.80. The number of nitrogens with zero attached hydrogens (tertiary/aromatic N) is 2. The number of nitrogens with one attached hydrogen (secondary N) is 1. The van der Waals surface area contributed by atoms with E-state index < -0.39 is 0 Å². The maximum Gasteiger partial charge on any atom is 0.227 e. The molecule has 3 fully saturated rings. The van der Waals surface area contributed by atoms with Crippen LogP contribution in [0.2, 0.25) is 0 Å². The summed E-state index contributed by atoms with van der Waals surface area (Å²) in [6.45, 7) is 3.40. The minimum absolute atomic E-state index is 0.00900. The van der Waals surface area contributed by atoms with Crippen molar-refractivity contribution < 1.29 is 14.4 Å². The number of carbonyl (C=O) groups is 3. The van der Waals surface area contributed by atoms with Gasteiger partial charge in [-0.25, -0.2) is 0 Å². The van der Waals surface area contributed by atoms with Gasteiger partial charge in [0.25, 0.3) is 0 Å². The third-order valence-electron chi connectivity index (χ3n) is 6.61. The summed E-state index contributed by atoms with van der Waals surface area (Å²) in [6.07, 6.45) is 3.98. The van der Waals surface area contributed by atoms with E-state index in [-0.39, 0.29) is 35.7 Å². The van der Waals surface area contributed by atoms with Gasteiger partial charge in [0.15, 0.2) is 0 Å². The predicted octanol–water partition coefficient (Wildman–Crippen LogP) is 1.59. The first-order valence-corrected chi connectivity index (χ1v) is 10.4. The number of hydrogen-bond acceptors (Lipinski definition) is 3. The van der Waals surface area contributed by atoms with Crippen LogP contribution in [-0.2, 0) is 20.8 Å². The van der Waals surface area contributed by atoms with Gasteiger partial charge >= 0.3 is 0 Å². The van der Waals surface area contributed by atoms with Crippen LogP contribution in [-0.4, -0.2) is 59.2 Å². The zero-order chi connectivity index (χ0) is 19.7. The van der Waals surface area contributed by atoms with Crippen molar-refractivity contribution in [1.82, 2.24) is 15.1 Å². The molecule has 3 aliphatic heterocycles. The van der Waals surface area contributed by atoms with Gasteiger partial charge in [-0.05, 0) is 36.7 Å². The van der Waals surface area contributed by atoms with E-state index in [1.54, 1.807) is 0 Å². The molecule has 0 unspecified atom stereocenters. The molecular formula is C22H29N3O3. The van der Waals surface area contributed by atoms with Gasteiger partial charge in [-0.1, -0.05) is 30.3 Å². The summed E-state index contributed by atoms with van der Waals surface area (Å²) in [7, 11) is 0. The summed E-state index contributed by atoms with van der Waals surface area (Å²) < 4.78 is 0. The van der Waals surface area contributed by atoms with Crippen LogP contribution in [0.15, 0.2) is 30.3 Å². The first-order chi connectivity index (χ1) is 13.5. The largest absolute Gasteiger partial charge is 0.354 e. The van der Waals surface area contributed by atoms with E-state index in [4.69, 9.17) is 0 Å². The van der Waals surface area contributed by atoms with Crippen molar-refractivity contribution in [2.24, 2.45) is 11.8 Å². The van der Waals surface area contributed by atoms with E-state index >= 15 is 0 Å². The Morgan fingerprint density at radius 1 is 1.14 bits per heavy atom. The molecule has 150 valence electrons. The van der Waals surface area contributed by atoms with Crippen molar-refractivity contribution in [1.29, 1.82) is 0 Å². The Bertz CT molecular complexity index is 751. The fourth-order valence-corrected chi connectivity index (χ4v) is 5.37. The first kappa shape index (κ1) is 19.0. The molecule has 0 aliphatic carbocycles. The lowest BCUT2D eigenvalue weighted by Crippen LogP contribution is -2.67. The normalized spacial score (nSPS) is 29.2. The molecule has 2 bridgehead atoms. The molecule has 0 spiro atoms. The number of benzene rings is 1. The van der Waals surface area contributed by atoms with Crippen molar-refractivity contribution in [3.05, 3.63) is 35.9 Å². The summed E-state index contributed by atoms with van der Waals surface area (Å²) in [4.78, 5) is 41.2. The molecule has 1 aromatic rings. The number of rotatable bonds is 4. The van der Waals surface area contributed by atoms with Crippen molar-refractivity contribution in [2.75, 3.05) is 19.6 Å². The Morgan fingerprint density at radius 2 is 1.89 bits per heavy atom. The molecule has 3 saturated heterocycles. The van der Waals surface area contributed by atoms with Gasteiger partial charge in [0.1, 0.15) is 0 Å². The molecule has 0 saturated carbocycles. The second kappa shape index (κ2) is 7.94. The Labute approximate surface area is 166 Å². The minimum Gasteiger partial charge on any atom is -0.354 e. The lowest BCUT2D eigenvalue weighted by Gasteiger charge is -2.56. The van der Waals surface area contributed by atoms with E-state index in [9.17, 15) is 14.4 Å². The smallest absolute Gasteiger partial charge is 0.227 e. The Kier molecular flexibility index (Phi) is 5.38. The van der Waals surface area contributed by atoms with Gasteiger partial charge in [-0.15, -0.1) is 0 Å². The molecule has 6 nitrogen and oxygen atoms in total. The molecule has 1 N–H and O–H groups in total. The monoisotopic (exact) mass is 383 g/mol. The van der Waals surface area contributed by atoms with E-state index in [0.29, 0.717) is 31.8 Å². The van der Waals surface area contributed by atoms with Crippen LogP contribution in [0.1, 0.15) is 38.2 Å². The van der Waals surface area contributed by atoms with Crippen LogP contribution in [0.3, 0.4) is 0 Å². The standard InChI is InChI=1S/C22H29N3O3/c1-15(26)23-12-20-18-11-17(19-8-5-9-21(27)25(19)20)13-24(14-18)22(28)10-16-6-3-2-4-7-16/h2-4,6-7,17-20H,5,8-14H2,1H3,(H,23,26)/t17-,18+,19+,20+/m1/s1. The topological polar surface area (TPSA) is 69.7 Å². The Balaban J connectivity index is 1.52. The number of piperidine rings is 3. The van der Waals surface area contributed by atoms with Crippen molar-refractivity contribution in [3.63, 3.8) is 0 Å². The lowest BCUT2D eigenvalue weighted by atomic mass is 9.72. The second-order valence-electron chi connectivity index (χ2n) is 8.48. The molecule has 0 aromatic heterocycles. The van der Waals surface area contributed by atoms with E-state index in [1.807, 2.05) is 35.2 Å². The average Bonchev–Trinajstić information content (AvgIpc) is 2.69. The fraction of sp³-hybridized carbons (Fsp3) is 0.591. The number of carbonyl (C=O) groups excluding carboxylic acids is 3. The number of amides is 3. The summed E-state index contributed by atoms with van der Waals surface area (Å²) in [5, 5.41) is 2.92. The molecule has 3 heterocycles. The van der Waals surface area contributed by atoms with Gasteiger partial charge in [0.2, 0.25) is 17.7 Å².